The minimum absolute atomic E-state index is 0.366. The van der Waals surface area contributed by atoms with Gasteiger partial charge in [0.05, 0.1) is 0 Å². The van der Waals surface area contributed by atoms with Crippen LogP contribution in [-0.2, 0) is 0 Å². The van der Waals surface area contributed by atoms with E-state index in [1.807, 2.05) is 0 Å². The predicted molar refractivity (Wildman–Crippen MR) is 118 cm³/mol. The van der Waals surface area contributed by atoms with Gasteiger partial charge < -0.3 is 0 Å². The molecule has 0 aromatic rings. The van der Waals surface area contributed by atoms with Gasteiger partial charge in [0.25, 0.3) is 0 Å². The van der Waals surface area contributed by atoms with Crippen LogP contribution in [0.5, 0.6) is 0 Å². The standard InChI is InChI=1S/C22H33AsClN3/c1-25-12-14-26(15-13-25)10-4-5-11-27-20-7-3-2-6-18(20)22(23)19-9-8-17(24)16-21(19)27/h8-9,16,21H,2-7,10-15,23H2,1H3. The summed E-state index contributed by atoms with van der Waals surface area (Å²) < 4.78 is 1.58. The zero-order chi connectivity index (χ0) is 18.8. The molecule has 0 bridgehead atoms. The fourth-order valence-corrected chi connectivity index (χ4v) is 6.27. The molecule has 3 nitrogen and oxygen atoms in total. The van der Waals surface area contributed by atoms with E-state index in [-0.39, 0.29) is 0 Å². The average molecular weight is 450 g/mol. The second-order valence-corrected chi connectivity index (χ2v) is 10.0. The molecule has 0 N–H and O–H groups in total. The van der Waals surface area contributed by atoms with Gasteiger partial charge in [0.15, 0.2) is 0 Å². The Morgan fingerprint density at radius 1 is 1.04 bits per heavy atom. The third kappa shape index (κ3) is 4.42. The number of rotatable bonds is 5. The second-order valence-electron chi connectivity index (χ2n) is 8.38. The van der Waals surface area contributed by atoms with Crippen LogP contribution in [0.1, 0.15) is 38.5 Å². The molecule has 0 aromatic heterocycles. The van der Waals surface area contributed by atoms with Gasteiger partial charge in [-0.2, -0.15) is 0 Å². The van der Waals surface area contributed by atoms with Crippen molar-refractivity contribution in [1.82, 2.24) is 14.7 Å². The molecule has 2 atom stereocenters. The van der Waals surface area contributed by atoms with Crippen LogP contribution in [0.4, 0.5) is 0 Å². The van der Waals surface area contributed by atoms with E-state index in [2.05, 4.69) is 40.0 Å². The SMILES string of the molecule is CN1CCN(CCCCN2C3=C(CCCC3)C([AsH2])=C3C=CC(Cl)=CC32)CC1. The van der Waals surface area contributed by atoms with Crippen LogP contribution in [0.15, 0.2) is 44.5 Å². The molecule has 27 heavy (non-hydrogen) atoms. The molecule has 0 amide bonds. The van der Waals surface area contributed by atoms with Crippen LogP contribution >= 0.6 is 11.6 Å². The Kier molecular flexibility index (Phi) is 6.54. The quantitative estimate of drug-likeness (QED) is 0.472. The number of hydrogen-bond donors (Lipinski definition) is 0. The predicted octanol–water partition coefficient (Wildman–Crippen LogP) is 3.11. The maximum atomic E-state index is 6.40. The molecular weight excluding hydrogens is 417 g/mol. The molecule has 0 aromatic carbocycles. The van der Waals surface area contributed by atoms with E-state index in [1.165, 1.54) is 76.8 Å². The molecule has 0 radical (unpaired) electrons. The summed E-state index contributed by atoms with van der Waals surface area (Å²) in [6.45, 7) is 7.31. The first-order valence-corrected chi connectivity index (χ1v) is 12.2. The first kappa shape index (κ1) is 19.8. The molecule has 5 heteroatoms. The molecule has 0 saturated carbocycles. The van der Waals surface area contributed by atoms with Crippen molar-refractivity contribution in [3.8, 4) is 0 Å². The zero-order valence-electron chi connectivity index (χ0n) is 16.6. The molecule has 4 aliphatic rings. The zero-order valence-corrected chi connectivity index (χ0v) is 19.8. The van der Waals surface area contributed by atoms with Crippen LogP contribution in [0.3, 0.4) is 0 Å². The molecule has 2 aliphatic carbocycles. The monoisotopic (exact) mass is 449 g/mol. The number of piperazine rings is 1. The molecular formula is C22H33AsClN3. The summed E-state index contributed by atoms with van der Waals surface area (Å²) in [5.74, 6) is 0. The summed E-state index contributed by atoms with van der Waals surface area (Å²) in [4.78, 5) is 7.77. The summed E-state index contributed by atoms with van der Waals surface area (Å²) in [7, 11) is 2.23. The first-order chi connectivity index (χ1) is 13.1. The van der Waals surface area contributed by atoms with Crippen molar-refractivity contribution in [2.24, 2.45) is 0 Å². The van der Waals surface area contributed by atoms with Gasteiger partial charge in [-0.1, -0.05) is 0 Å². The van der Waals surface area contributed by atoms with Crippen LogP contribution in [0, 0.1) is 0 Å². The summed E-state index contributed by atoms with van der Waals surface area (Å²) in [6, 6.07) is 0.366. The van der Waals surface area contributed by atoms with E-state index in [0.717, 1.165) is 11.6 Å². The van der Waals surface area contributed by atoms with E-state index >= 15 is 0 Å². The van der Waals surface area contributed by atoms with Gasteiger partial charge in [-0.3, -0.25) is 0 Å². The Balaban J connectivity index is 1.41. The van der Waals surface area contributed by atoms with Crippen LogP contribution in [0.25, 0.3) is 0 Å². The van der Waals surface area contributed by atoms with Crippen molar-refractivity contribution in [3.63, 3.8) is 0 Å². The fourth-order valence-electron chi connectivity index (χ4n) is 4.87. The number of fused-ring (bicyclic) bond motifs is 1. The van der Waals surface area contributed by atoms with Crippen molar-refractivity contribution < 1.29 is 0 Å². The second kappa shape index (κ2) is 8.91. The van der Waals surface area contributed by atoms with Gasteiger partial charge >= 0.3 is 171 Å². The van der Waals surface area contributed by atoms with E-state index in [1.54, 1.807) is 32.5 Å². The normalized spacial score (nSPS) is 27.0. The molecule has 0 spiro atoms. The van der Waals surface area contributed by atoms with Crippen molar-refractivity contribution >= 4 is 28.5 Å². The Morgan fingerprint density at radius 3 is 2.59 bits per heavy atom. The molecule has 148 valence electrons. The number of likely N-dealkylation sites (N-methyl/N-ethyl adjacent to an activating group) is 1. The number of nitrogens with zero attached hydrogens (tertiary/aromatic N) is 3. The van der Waals surface area contributed by atoms with Gasteiger partial charge in [0.1, 0.15) is 0 Å². The van der Waals surface area contributed by atoms with Gasteiger partial charge in [0.2, 0.25) is 0 Å². The Hall–Kier alpha value is -0.472. The van der Waals surface area contributed by atoms with E-state index in [4.69, 9.17) is 11.6 Å². The fraction of sp³-hybridized carbons (Fsp3) is 0.636. The molecule has 4 rings (SSSR count). The summed E-state index contributed by atoms with van der Waals surface area (Å²) >= 11 is 8.20. The van der Waals surface area contributed by atoms with Gasteiger partial charge in [-0.05, 0) is 7.05 Å². The molecule has 2 unspecified atom stereocenters. The Bertz CT molecular complexity index is 686. The topological polar surface area (TPSA) is 9.72 Å². The summed E-state index contributed by atoms with van der Waals surface area (Å²) in [5, 5.41) is 0.895. The van der Waals surface area contributed by atoms with Gasteiger partial charge in [-0.25, -0.2) is 0 Å². The minimum atomic E-state index is 0.366. The van der Waals surface area contributed by atoms with Crippen LogP contribution in [0.2, 0.25) is 0 Å². The number of allylic oxidation sites excluding steroid dienone is 5. The third-order valence-corrected chi connectivity index (χ3v) is 8.22. The van der Waals surface area contributed by atoms with Crippen LogP contribution in [-0.4, -0.2) is 83.9 Å². The third-order valence-electron chi connectivity index (χ3n) is 6.53. The van der Waals surface area contributed by atoms with Gasteiger partial charge in [-0.15, -0.1) is 0 Å². The molecule has 2 aliphatic heterocycles. The summed E-state index contributed by atoms with van der Waals surface area (Å²) in [5.41, 5.74) is 4.78. The average Bonchev–Trinajstić information content (AvgIpc) is 2.68. The van der Waals surface area contributed by atoms with E-state index in [9.17, 15) is 0 Å². The van der Waals surface area contributed by atoms with Crippen molar-refractivity contribution in [3.05, 3.63) is 44.5 Å². The number of unbranched alkanes of at least 4 members (excludes halogenated alkanes) is 1. The molecule has 1 saturated heterocycles. The van der Waals surface area contributed by atoms with Crippen molar-refractivity contribution in [1.29, 1.82) is 0 Å². The van der Waals surface area contributed by atoms with Crippen LogP contribution < -0.4 is 0 Å². The maximum absolute atomic E-state index is 6.40. The molecule has 2 heterocycles. The summed E-state index contributed by atoms with van der Waals surface area (Å²) in [6.07, 6.45) is 14.4. The Labute approximate surface area is 178 Å². The van der Waals surface area contributed by atoms with E-state index in [0.29, 0.717) is 6.04 Å². The van der Waals surface area contributed by atoms with Crippen molar-refractivity contribution in [2.75, 3.05) is 46.3 Å². The Morgan fingerprint density at radius 2 is 1.78 bits per heavy atom. The van der Waals surface area contributed by atoms with Crippen molar-refractivity contribution in [2.45, 2.75) is 44.6 Å². The molecule has 1 fully saturated rings. The first-order valence-electron chi connectivity index (χ1n) is 10.6. The number of halogens is 1. The van der Waals surface area contributed by atoms with E-state index < -0.39 is 0 Å². The number of hydrogen-bond acceptors (Lipinski definition) is 3. The van der Waals surface area contributed by atoms with Gasteiger partial charge in [0, 0.05) is 0 Å².